The third-order valence-corrected chi connectivity index (χ3v) is 5.10. The Morgan fingerprint density at radius 2 is 2.00 bits per heavy atom. The lowest BCUT2D eigenvalue weighted by molar-refractivity contribution is -0.133. The first kappa shape index (κ1) is 14.3. The van der Waals surface area contributed by atoms with E-state index in [-0.39, 0.29) is 5.92 Å². The number of nitrogen functional groups attached to an aromatic ring is 1. The van der Waals surface area contributed by atoms with Crippen molar-refractivity contribution in [3.8, 4) is 0 Å². The molecule has 0 saturated carbocycles. The number of benzene rings is 1. The van der Waals surface area contributed by atoms with Crippen molar-refractivity contribution in [1.29, 1.82) is 0 Å². The number of amides is 1. The molecule has 2 aliphatic heterocycles. The number of nitrogens with zero attached hydrogens (tertiary/aromatic N) is 3. The summed E-state index contributed by atoms with van der Waals surface area (Å²) < 4.78 is 0. The second-order valence-electron chi connectivity index (χ2n) is 6.57. The van der Waals surface area contributed by atoms with Crippen LogP contribution in [0.1, 0.15) is 19.3 Å². The van der Waals surface area contributed by atoms with Gasteiger partial charge in [-0.3, -0.25) is 4.79 Å². The summed E-state index contributed by atoms with van der Waals surface area (Å²) in [5.74, 6) is 1.04. The molecule has 23 heavy (non-hydrogen) atoms. The second-order valence-corrected chi connectivity index (χ2v) is 6.57. The van der Waals surface area contributed by atoms with Gasteiger partial charge in [-0.05, 0) is 42.8 Å². The van der Waals surface area contributed by atoms with Crippen molar-refractivity contribution in [3.63, 3.8) is 0 Å². The molecule has 1 aromatic heterocycles. The van der Waals surface area contributed by atoms with Crippen LogP contribution in [0.4, 0.5) is 11.5 Å². The maximum atomic E-state index is 12.6. The van der Waals surface area contributed by atoms with E-state index in [1.165, 1.54) is 0 Å². The Kier molecular flexibility index (Phi) is 3.56. The molecule has 1 atom stereocenters. The zero-order valence-electron chi connectivity index (χ0n) is 13.2. The first-order chi connectivity index (χ1) is 11.2. The molecule has 1 amide bonds. The molecule has 0 bridgehead atoms. The number of pyridine rings is 1. The number of rotatable bonds is 2. The molecule has 3 heterocycles. The van der Waals surface area contributed by atoms with Gasteiger partial charge in [0.15, 0.2) is 0 Å². The Balaban J connectivity index is 1.53. The number of carbonyl (C=O) groups excluding carboxylic acids is 1. The minimum atomic E-state index is 0.134. The van der Waals surface area contributed by atoms with Crippen LogP contribution in [0.25, 0.3) is 10.8 Å². The van der Waals surface area contributed by atoms with E-state index in [4.69, 9.17) is 5.73 Å². The highest BCUT2D eigenvalue weighted by atomic mass is 16.2. The van der Waals surface area contributed by atoms with Crippen LogP contribution >= 0.6 is 0 Å². The average molecular weight is 310 g/mol. The van der Waals surface area contributed by atoms with E-state index in [1.807, 2.05) is 11.0 Å². The summed E-state index contributed by atoms with van der Waals surface area (Å²) in [6.45, 7) is 3.61. The summed E-state index contributed by atoms with van der Waals surface area (Å²) in [6, 6.07) is 8.27. The highest BCUT2D eigenvalue weighted by Crippen LogP contribution is 2.30. The molecule has 1 aromatic carbocycles. The van der Waals surface area contributed by atoms with Crippen molar-refractivity contribution in [3.05, 3.63) is 30.5 Å². The number of anilines is 2. The summed E-state index contributed by atoms with van der Waals surface area (Å²) >= 11 is 0. The molecule has 2 aliphatic rings. The number of nitrogens with two attached hydrogens (primary N) is 1. The lowest BCUT2D eigenvalue weighted by Gasteiger charge is -2.22. The zero-order chi connectivity index (χ0) is 15.8. The van der Waals surface area contributed by atoms with Crippen LogP contribution in [-0.2, 0) is 4.79 Å². The largest absolute Gasteiger partial charge is 0.383 e. The molecule has 1 unspecified atom stereocenters. The lowest BCUT2D eigenvalue weighted by Crippen LogP contribution is -2.35. The van der Waals surface area contributed by atoms with Gasteiger partial charge in [-0.25, -0.2) is 4.98 Å². The number of hydrogen-bond acceptors (Lipinski definition) is 4. The maximum absolute atomic E-state index is 12.6. The van der Waals surface area contributed by atoms with Gasteiger partial charge in [-0.1, -0.05) is 6.07 Å². The van der Waals surface area contributed by atoms with Crippen molar-refractivity contribution in [2.45, 2.75) is 19.3 Å². The van der Waals surface area contributed by atoms with Crippen LogP contribution in [0.15, 0.2) is 30.5 Å². The summed E-state index contributed by atoms with van der Waals surface area (Å²) in [4.78, 5) is 21.1. The van der Waals surface area contributed by atoms with Gasteiger partial charge in [-0.2, -0.15) is 0 Å². The topological polar surface area (TPSA) is 62.5 Å². The summed E-state index contributed by atoms with van der Waals surface area (Å²) in [5.41, 5.74) is 7.12. The summed E-state index contributed by atoms with van der Waals surface area (Å²) in [6.07, 6.45) is 4.98. The van der Waals surface area contributed by atoms with Crippen molar-refractivity contribution >= 4 is 28.2 Å². The van der Waals surface area contributed by atoms with Gasteiger partial charge >= 0.3 is 0 Å². The minimum absolute atomic E-state index is 0.134. The average Bonchev–Trinajstić information content (AvgIpc) is 3.26. The van der Waals surface area contributed by atoms with Gasteiger partial charge in [-0.15, -0.1) is 0 Å². The molecule has 2 N–H and O–H groups in total. The van der Waals surface area contributed by atoms with E-state index in [1.54, 1.807) is 6.20 Å². The first-order valence-corrected chi connectivity index (χ1v) is 8.40. The molecule has 5 nitrogen and oxygen atoms in total. The van der Waals surface area contributed by atoms with Gasteiger partial charge in [0.1, 0.15) is 5.82 Å². The third-order valence-electron chi connectivity index (χ3n) is 5.10. The first-order valence-electron chi connectivity index (χ1n) is 8.40. The molecular weight excluding hydrogens is 288 g/mol. The quantitative estimate of drug-likeness (QED) is 0.924. The Morgan fingerprint density at radius 3 is 2.83 bits per heavy atom. The van der Waals surface area contributed by atoms with Crippen molar-refractivity contribution in [2.75, 3.05) is 36.8 Å². The van der Waals surface area contributed by atoms with E-state index in [0.717, 1.165) is 61.9 Å². The molecule has 0 spiro atoms. The predicted molar refractivity (Wildman–Crippen MR) is 92.3 cm³/mol. The summed E-state index contributed by atoms with van der Waals surface area (Å²) in [7, 11) is 0. The standard InChI is InChI=1S/C18H22N4O/c19-17-16-11-15(4-3-13(16)5-7-20-17)22-10-6-14(12-22)18(23)21-8-1-2-9-21/h3-5,7,11,14H,1-2,6,8-10,12H2,(H2,19,20). The summed E-state index contributed by atoms with van der Waals surface area (Å²) in [5, 5.41) is 2.09. The minimum Gasteiger partial charge on any atom is -0.383 e. The van der Waals surface area contributed by atoms with Crippen molar-refractivity contribution in [2.24, 2.45) is 5.92 Å². The normalized spacial score (nSPS) is 21.3. The van der Waals surface area contributed by atoms with Crippen LogP contribution < -0.4 is 10.6 Å². The SMILES string of the molecule is Nc1nccc2ccc(N3CCC(C(=O)N4CCCC4)C3)cc12. The molecule has 0 aliphatic carbocycles. The van der Waals surface area contributed by atoms with E-state index < -0.39 is 0 Å². The lowest BCUT2D eigenvalue weighted by atomic mass is 10.1. The smallest absolute Gasteiger partial charge is 0.227 e. The van der Waals surface area contributed by atoms with E-state index in [9.17, 15) is 4.79 Å². The number of fused-ring (bicyclic) bond motifs is 1. The molecule has 4 rings (SSSR count). The molecule has 0 radical (unpaired) electrons. The van der Waals surface area contributed by atoms with Crippen LogP contribution in [0, 0.1) is 5.92 Å². The molecule has 2 fully saturated rings. The number of likely N-dealkylation sites (tertiary alicyclic amines) is 1. The number of hydrogen-bond donors (Lipinski definition) is 1. The van der Waals surface area contributed by atoms with Gasteiger partial charge < -0.3 is 15.5 Å². The second kappa shape index (κ2) is 5.72. The fraction of sp³-hybridized carbons (Fsp3) is 0.444. The van der Waals surface area contributed by atoms with Crippen LogP contribution in [0.2, 0.25) is 0 Å². The highest BCUT2D eigenvalue weighted by Gasteiger charge is 2.32. The number of aromatic nitrogens is 1. The Hall–Kier alpha value is -2.30. The Bertz CT molecular complexity index is 739. The number of carbonyl (C=O) groups is 1. The van der Waals surface area contributed by atoms with E-state index in [2.05, 4.69) is 28.1 Å². The molecule has 5 heteroatoms. The molecule has 2 saturated heterocycles. The fourth-order valence-electron chi connectivity index (χ4n) is 3.77. The van der Waals surface area contributed by atoms with Crippen LogP contribution in [0.3, 0.4) is 0 Å². The Morgan fingerprint density at radius 1 is 1.17 bits per heavy atom. The maximum Gasteiger partial charge on any atom is 0.227 e. The third kappa shape index (κ3) is 2.60. The highest BCUT2D eigenvalue weighted by molar-refractivity contribution is 5.93. The van der Waals surface area contributed by atoms with E-state index >= 15 is 0 Å². The van der Waals surface area contributed by atoms with Crippen LogP contribution in [-0.4, -0.2) is 42.0 Å². The van der Waals surface area contributed by atoms with Crippen molar-refractivity contribution < 1.29 is 4.79 Å². The molecular formula is C18H22N4O. The van der Waals surface area contributed by atoms with Crippen LogP contribution in [0.5, 0.6) is 0 Å². The molecule has 2 aromatic rings. The Labute approximate surface area is 136 Å². The monoisotopic (exact) mass is 310 g/mol. The van der Waals surface area contributed by atoms with Gasteiger partial charge in [0, 0.05) is 43.4 Å². The van der Waals surface area contributed by atoms with Crippen molar-refractivity contribution in [1.82, 2.24) is 9.88 Å². The fourth-order valence-corrected chi connectivity index (χ4v) is 3.77. The van der Waals surface area contributed by atoms with Gasteiger partial charge in [0.25, 0.3) is 0 Å². The van der Waals surface area contributed by atoms with Gasteiger partial charge in [0.2, 0.25) is 5.91 Å². The predicted octanol–water partition coefficient (Wildman–Crippen LogP) is 2.27. The zero-order valence-corrected chi connectivity index (χ0v) is 13.2. The van der Waals surface area contributed by atoms with Gasteiger partial charge in [0.05, 0.1) is 5.92 Å². The van der Waals surface area contributed by atoms with E-state index in [0.29, 0.717) is 11.7 Å². The molecule has 120 valence electrons.